The maximum Gasteiger partial charge on any atom is 0.164 e. The molecule has 0 spiro atoms. The van der Waals surface area contributed by atoms with Gasteiger partial charge in [0.05, 0.1) is 17.1 Å². The number of nitrogens with zero attached hydrogens (tertiary/aromatic N) is 5. The highest BCUT2D eigenvalue weighted by Crippen LogP contribution is 2.42. The summed E-state index contributed by atoms with van der Waals surface area (Å²) < 4.78 is 6.27. The fourth-order valence-corrected chi connectivity index (χ4v) is 8.94. The molecule has 3 aromatic heterocycles. The number of rotatable bonds is 6. The largest absolute Gasteiger partial charge is 0.456 e. The monoisotopic (exact) mass is 803 g/mol. The molecule has 0 bridgehead atoms. The zero-order chi connectivity index (χ0) is 41.9. The molecule has 3 heterocycles. The van der Waals surface area contributed by atoms with Crippen LogP contribution in [0.15, 0.2) is 205 Å². The van der Waals surface area contributed by atoms with Gasteiger partial charge in [0.25, 0.3) is 0 Å². The molecule has 6 heteroatoms. The van der Waals surface area contributed by atoms with E-state index in [1.807, 2.05) is 91.1 Å². The van der Waals surface area contributed by atoms with E-state index in [1.165, 1.54) is 0 Å². The highest BCUT2D eigenvalue weighted by molar-refractivity contribution is 6.23. The lowest BCUT2D eigenvalue weighted by atomic mass is 9.88. The van der Waals surface area contributed by atoms with E-state index in [-0.39, 0.29) is 0 Å². The van der Waals surface area contributed by atoms with Crippen LogP contribution in [-0.2, 0) is 0 Å². The van der Waals surface area contributed by atoms with Gasteiger partial charge in [0, 0.05) is 44.6 Å². The summed E-state index contributed by atoms with van der Waals surface area (Å²) in [5.41, 5.74) is 12.2. The summed E-state index contributed by atoms with van der Waals surface area (Å²) in [6.07, 6.45) is 1.87. The molecule has 9 aromatic carbocycles. The molecule has 12 aromatic rings. The summed E-state index contributed by atoms with van der Waals surface area (Å²) in [6, 6.07) is 68.8. The lowest BCUT2D eigenvalue weighted by Crippen LogP contribution is -2.00. The van der Waals surface area contributed by atoms with E-state index < -0.39 is 0 Å². The second-order valence-electron chi connectivity index (χ2n) is 15.7. The van der Waals surface area contributed by atoms with Gasteiger partial charge < -0.3 is 4.42 Å². The number of fused-ring (bicyclic) bond motifs is 8. The van der Waals surface area contributed by atoms with E-state index in [0.29, 0.717) is 23.0 Å². The summed E-state index contributed by atoms with van der Waals surface area (Å²) >= 11 is 0. The number of nitriles is 1. The van der Waals surface area contributed by atoms with Crippen molar-refractivity contribution in [1.82, 2.24) is 19.9 Å². The lowest BCUT2D eigenvalue weighted by molar-refractivity contribution is 0.669. The van der Waals surface area contributed by atoms with Crippen molar-refractivity contribution >= 4 is 54.4 Å². The highest BCUT2D eigenvalue weighted by atomic mass is 16.3. The second kappa shape index (κ2) is 14.7. The van der Waals surface area contributed by atoms with Crippen LogP contribution in [0.5, 0.6) is 0 Å². The van der Waals surface area contributed by atoms with E-state index in [9.17, 15) is 5.26 Å². The van der Waals surface area contributed by atoms with Gasteiger partial charge in [-0.15, -0.1) is 0 Å². The van der Waals surface area contributed by atoms with Crippen LogP contribution in [0.2, 0.25) is 0 Å². The van der Waals surface area contributed by atoms with Crippen LogP contribution >= 0.6 is 0 Å². The summed E-state index contributed by atoms with van der Waals surface area (Å²) in [7, 11) is 0. The van der Waals surface area contributed by atoms with Crippen molar-refractivity contribution in [2.24, 2.45) is 0 Å². The average Bonchev–Trinajstić information content (AvgIpc) is 3.74. The maximum absolute atomic E-state index is 9.47. The Morgan fingerprint density at radius 3 is 1.76 bits per heavy atom. The number of pyridine rings is 1. The highest BCUT2D eigenvalue weighted by Gasteiger charge is 2.18. The van der Waals surface area contributed by atoms with Gasteiger partial charge in [-0.25, -0.2) is 15.0 Å². The second-order valence-corrected chi connectivity index (χ2v) is 15.7. The summed E-state index contributed by atoms with van der Waals surface area (Å²) in [6.45, 7) is 0. The third kappa shape index (κ3) is 6.27. The Morgan fingerprint density at radius 1 is 0.349 bits per heavy atom. The van der Waals surface area contributed by atoms with Crippen LogP contribution in [-0.4, -0.2) is 19.9 Å². The standard InChI is InChI=1S/C57H33N5O/c58-34-35-11-8-14-39(29-35)36-22-24-37(25-23-36)49-33-50-44-18-5-4-17-43(44)48(32-51(50)47-20-10-28-59-54(47)49)40-15-9-16-41(30-40)56-60-55(38-12-2-1-3-13-38)61-57(62-56)42-26-27-46-45-19-6-7-21-52(45)63-53(46)31-42/h1-33H. The van der Waals surface area contributed by atoms with Gasteiger partial charge in [-0.3, -0.25) is 4.98 Å². The number of para-hydroxylation sites is 1. The molecule has 0 amide bonds. The number of hydrogen-bond acceptors (Lipinski definition) is 6. The minimum Gasteiger partial charge on any atom is -0.456 e. The molecule has 0 N–H and O–H groups in total. The lowest BCUT2D eigenvalue weighted by Gasteiger charge is -2.16. The van der Waals surface area contributed by atoms with Crippen molar-refractivity contribution in [1.29, 1.82) is 5.26 Å². The van der Waals surface area contributed by atoms with Crippen LogP contribution in [0.25, 0.3) is 122 Å². The molecule has 0 fully saturated rings. The predicted octanol–water partition coefficient (Wildman–Crippen LogP) is 14.5. The fourth-order valence-electron chi connectivity index (χ4n) is 8.94. The molecule has 0 aliphatic heterocycles. The Kier molecular flexibility index (Phi) is 8.44. The van der Waals surface area contributed by atoms with Gasteiger partial charge in [0.15, 0.2) is 17.5 Å². The normalized spacial score (nSPS) is 11.5. The minimum absolute atomic E-state index is 0.570. The molecule has 0 aliphatic carbocycles. The Balaban J connectivity index is 0.997. The van der Waals surface area contributed by atoms with Gasteiger partial charge in [0.2, 0.25) is 0 Å². The summed E-state index contributed by atoms with van der Waals surface area (Å²) in [5, 5.41) is 17.3. The molecule has 6 nitrogen and oxygen atoms in total. The van der Waals surface area contributed by atoms with Crippen molar-refractivity contribution in [3.63, 3.8) is 0 Å². The average molecular weight is 804 g/mol. The van der Waals surface area contributed by atoms with Crippen LogP contribution in [0.3, 0.4) is 0 Å². The van der Waals surface area contributed by atoms with Crippen molar-refractivity contribution in [2.75, 3.05) is 0 Å². The molecule has 0 aliphatic rings. The topological polar surface area (TPSA) is 88.5 Å². The summed E-state index contributed by atoms with van der Waals surface area (Å²) in [5.74, 6) is 1.75. The molecular weight excluding hydrogens is 771 g/mol. The van der Waals surface area contributed by atoms with Crippen LogP contribution < -0.4 is 0 Å². The number of hydrogen-bond donors (Lipinski definition) is 0. The molecule has 292 valence electrons. The van der Waals surface area contributed by atoms with E-state index in [1.54, 1.807) is 0 Å². The number of benzene rings is 9. The van der Waals surface area contributed by atoms with Gasteiger partial charge >= 0.3 is 0 Å². The SMILES string of the molecule is N#Cc1cccc(-c2ccc(-c3cc4c5ccccc5c(-c5cccc(-c6nc(-c7ccccc7)nc(-c7ccc8c(c7)oc7ccccc78)n6)c5)cc4c4cccnc34)cc2)c1. The Bertz CT molecular complexity index is 3810. The third-order valence-electron chi connectivity index (χ3n) is 12.0. The van der Waals surface area contributed by atoms with Crippen molar-refractivity contribution in [3.05, 3.63) is 206 Å². The Labute approximate surface area is 362 Å². The minimum atomic E-state index is 0.570. The number of furan rings is 1. The zero-order valence-electron chi connectivity index (χ0n) is 33.7. The Hall–Kier alpha value is -8.79. The van der Waals surface area contributed by atoms with E-state index in [0.717, 1.165) is 104 Å². The van der Waals surface area contributed by atoms with E-state index in [2.05, 4.69) is 115 Å². The maximum atomic E-state index is 9.47. The molecule has 0 unspecified atom stereocenters. The number of aromatic nitrogens is 4. The fraction of sp³-hybridized carbons (Fsp3) is 0. The first-order valence-electron chi connectivity index (χ1n) is 20.8. The summed E-state index contributed by atoms with van der Waals surface area (Å²) in [4.78, 5) is 20.2. The zero-order valence-corrected chi connectivity index (χ0v) is 33.7. The molecule has 12 rings (SSSR count). The van der Waals surface area contributed by atoms with Gasteiger partial charge in [-0.05, 0) is 104 Å². The van der Waals surface area contributed by atoms with E-state index >= 15 is 0 Å². The molecule has 0 saturated carbocycles. The first-order valence-corrected chi connectivity index (χ1v) is 20.8. The van der Waals surface area contributed by atoms with Gasteiger partial charge in [0.1, 0.15) is 11.2 Å². The van der Waals surface area contributed by atoms with Gasteiger partial charge in [-0.1, -0.05) is 140 Å². The van der Waals surface area contributed by atoms with Crippen LogP contribution in [0.1, 0.15) is 5.56 Å². The first-order chi connectivity index (χ1) is 31.1. The molecule has 0 saturated heterocycles. The van der Waals surface area contributed by atoms with E-state index in [4.69, 9.17) is 24.4 Å². The van der Waals surface area contributed by atoms with Crippen molar-refractivity contribution in [3.8, 4) is 73.6 Å². The third-order valence-corrected chi connectivity index (χ3v) is 12.0. The Morgan fingerprint density at radius 2 is 0.937 bits per heavy atom. The predicted molar refractivity (Wildman–Crippen MR) is 255 cm³/mol. The molecule has 63 heavy (non-hydrogen) atoms. The molecular formula is C57H33N5O. The molecule has 0 radical (unpaired) electrons. The quantitative estimate of drug-likeness (QED) is 0.156. The molecule has 0 atom stereocenters. The van der Waals surface area contributed by atoms with Gasteiger partial charge in [-0.2, -0.15) is 5.26 Å². The van der Waals surface area contributed by atoms with Crippen molar-refractivity contribution in [2.45, 2.75) is 0 Å². The van der Waals surface area contributed by atoms with Crippen LogP contribution in [0.4, 0.5) is 0 Å². The first kappa shape index (κ1) is 36.1. The van der Waals surface area contributed by atoms with Crippen LogP contribution in [0, 0.1) is 11.3 Å². The smallest absolute Gasteiger partial charge is 0.164 e. The van der Waals surface area contributed by atoms with Crippen molar-refractivity contribution < 1.29 is 4.42 Å².